The van der Waals surface area contributed by atoms with Crippen LogP contribution >= 0.6 is 0 Å². The summed E-state index contributed by atoms with van der Waals surface area (Å²) >= 11 is 0. The zero-order chi connectivity index (χ0) is 25.8. The molecule has 1 aliphatic rings. The molecule has 0 amide bonds. The van der Waals surface area contributed by atoms with Gasteiger partial charge in [-0.25, -0.2) is 4.68 Å². The summed E-state index contributed by atoms with van der Waals surface area (Å²) in [6, 6.07) is 19.1. The molecular formula is C30H38N6O. The van der Waals surface area contributed by atoms with Crippen LogP contribution in [-0.4, -0.2) is 36.6 Å². The van der Waals surface area contributed by atoms with Crippen molar-refractivity contribution in [3.63, 3.8) is 0 Å². The summed E-state index contributed by atoms with van der Waals surface area (Å²) < 4.78 is 2.09. The summed E-state index contributed by atoms with van der Waals surface area (Å²) in [5.74, 6) is 1.19. The highest BCUT2D eigenvalue weighted by molar-refractivity contribution is 5.79. The quantitative estimate of drug-likeness (QED) is 0.317. The molecule has 7 heteroatoms. The fourth-order valence-corrected chi connectivity index (χ4v) is 5.81. The fraction of sp³-hybridized carbons (Fsp3) is 0.467. The minimum absolute atomic E-state index is 0.00625. The van der Waals surface area contributed by atoms with Crippen LogP contribution in [0.4, 0.5) is 0 Å². The first kappa shape index (κ1) is 25.3. The molecular weight excluding hydrogens is 460 g/mol. The highest BCUT2D eigenvalue weighted by Gasteiger charge is 2.32. The number of nitrogens with one attached hydrogen (secondary N) is 1. The van der Waals surface area contributed by atoms with Crippen LogP contribution in [0, 0.1) is 12.8 Å². The van der Waals surface area contributed by atoms with Gasteiger partial charge in [-0.15, -0.1) is 5.10 Å². The fourth-order valence-electron chi connectivity index (χ4n) is 5.81. The Morgan fingerprint density at radius 3 is 2.59 bits per heavy atom. The lowest BCUT2D eigenvalue weighted by atomic mass is 9.94. The van der Waals surface area contributed by atoms with Gasteiger partial charge >= 0.3 is 0 Å². The summed E-state index contributed by atoms with van der Waals surface area (Å²) in [7, 11) is 0. The Labute approximate surface area is 218 Å². The Morgan fingerprint density at radius 2 is 1.84 bits per heavy atom. The molecule has 194 valence electrons. The lowest BCUT2D eigenvalue weighted by Crippen LogP contribution is -2.37. The van der Waals surface area contributed by atoms with Crippen molar-refractivity contribution in [1.82, 2.24) is 30.1 Å². The summed E-state index contributed by atoms with van der Waals surface area (Å²) in [5.41, 5.74) is 4.07. The molecule has 2 aromatic heterocycles. The van der Waals surface area contributed by atoms with Crippen LogP contribution in [0.3, 0.4) is 0 Å². The van der Waals surface area contributed by atoms with Gasteiger partial charge in [0.05, 0.1) is 12.1 Å². The SMILES string of the molecule is Cc1ccc2[nH]c(=O)c(CN(CCc3ccccc3)[C@H](c3nnnn3C3CCCCC3)C(C)C)cc2c1. The molecule has 0 radical (unpaired) electrons. The molecule has 1 fully saturated rings. The van der Waals surface area contributed by atoms with Gasteiger partial charge in [0.1, 0.15) is 0 Å². The average molecular weight is 499 g/mol. The number of hydrogen-bond donors (Lipinski definition) is 1. The number of pyridine rings is 1. The second-order valence-electron chi connectivity index (χ2n) is 10.9. The van der Waals surface area contributed by atoms with Gasteiger partial charge in [0.25, 0.3) is 5.56 Å². The monoisotopic (exact) mass is 498 g/mol. The number of nitrogens with zero attached hydrogens (tertiary/aromatic N) is 5. The van der Waals surface area contributed by atoms with E-state index >= 15 is 0 Å². The van der Waals surface area contributed by atoms with Crippen LogP contribution in [0.15, 0.2) is 59.4 Å². The normalized spacial score (nSPS) is 15.6. The Morgan fingerprint density at radius 1 is 1.05 bits per heavy atom. The third kappa shape index (κ3) is 5.82. The molecule has 0 saturated heterocycles. The minimum atomic E-state index is -0.0320. The first-order chi connectivity index (χ1) is 18.0. The van der Waals surface area contributed by atoms with Crippen molar-refractivity contribution < 1.29 is 0 Å². The van der Waals surface area contributed by atoms with Crippen LogP contribution in [0.25, 0.3) is 10.9 Å². The maximum atomic E-state index is 13.2. The van der Waals surface area contributed by atoms with Crippen molar-refractivity contribution in [3.8, 4) is 0 Å². The van der Waals surface area contributed by atoms with Crippen molar-refractivity contribution >= 4 is 10.9 Å². The molecule has 37 heavy (non-hydrogen) atoms. The summed E-state index contributed by atoms with van der Waals surface area (Å²) in [5, 5.41) is 14.3. The number of benzene rings is 2. The van der Waals surface area contributed by atoms with Gasteiger partial charge in [-0.05, 0) is 71.7 Å². The number of H-pyrrole nitrogens is 1. The van der Waals surface area contributed by atoms with Gasteiger partial charge in [0.2, 0.25) is 0 Å². The zero-order valence-electron chi connectivity index (χ0n) is 22.2. The van der Waals surface area contributed by atoms with Crippen molar-refractivity contribution in [2.24, 2.45) is 5.92 Å². The van der Waals surface area contributed by atoms with E-state index in [0.717, 1.165) is 48.1 Å². The molecule has 0 bridgehead atoms. The molecule has 1 saturated carbocycles. The van der Waals surface area contributed by atoms with Crippen molar-refractivity contribution in [1.29, 1.82) is 0 Å². The second kappa shape index (κ2) is 11.4. The number of rotatable bonds is 9. The summed E-state index contributed by atoms with van der Waals surface area (Å²) in [6.07, 6.45) is 6.86. The van der Waals surface area contributed by atoms with Crippen molar-refractivity contribution in [2.75, 3.05) is 6.54 Å². The molecule has 0 spiro atoms. The molecule has 7 nitrogen and oxygen atoms in total. The van der Waals surface area contributed by atoms with E-state index < -0.39 is 0 Å². The molecule has 0 unspecified atom stereocenters. The molecule has 1 atom stereocenters. The first-order valence-electron chi connectivity index (χ1n) is 13.7. The molecule has 4 aromatic rings. The van der Waals surface area contributed by atoms with E-state index in [1.54, 1.807) is 0 Å². The van der Waals surface area contributed by atoms with Crippen molar-refractivity contribution in [2.45, 2.75) is 77.9 Å². The molecule has 1 N–H and O–H groups in total. The van der Waals surface area contributed by atoms with Crippen LogP contribution in [0.2, 0.25) is 0 Å². The lowest BCUT2D eigenvalue weighted by molar-refractivity contribution is 0.131. The largest absolute Gasteiger partial charge is 0.322 e. The van der Waals surface area contributed by atoms with Crippen LogP contribution in [-0.2, 0) is 13.0 Å². The maximum Gasteiger partial charge on any atom is 0.252 e. The number of aromatic nitrogens is 5. The Balaban J connectivity index is 1.52. The Hall–Kier alpha value is -3.32. The first-order valence-corrected chi connectivity index (χ1v) is 13.7. The van der Waals surface area contributed by atoms with E-state index in [1.165, 1.54) is 30.4 Å². The molecule has 2 aromatic carbocycles. The van der Waals surface area contributed by atoms with Gasteiger partial charge in [-0.1, -0.05) is 75.1 Å². The van der Waals surface area contributed by atoms with Crippen molar-refractivity contribution in [3.05, 3.63) is 87.5 Å². The number of aryl methyl sites for hydroxylation is 1. The summed E-state index contributed by atoms with van der Waals surface area (Å²) in [4.78, 5) is 18.7. The highest BCUT2D eigenvalue weighted by atomic mass is 16.1. The number of tetrazole rings is 1. The third-order valence-electron chi connectivity index (χ3n) is 7.71. The Bertz CT molecular complexity index is 1370. The van der Waals surface area contributed by atoms with Gasteiger partial charge in [0.15, 0.2) is 5.82 Å². The maximum absolute atomic E-state index is 13.2. The van der Waals surface area contributed by atoms with Gasteiger partial charge in [-0.2, -0.15) is 0 Å². The van der Waals surface area contributed by atoms with E-state index in [0.29, 0.717) is 12.6 Å². The molecule has 2 heterocycles. The van der Waals surface area contributed by atoms with E-state index in [4.69, 9.17) is 0 Å². The Kier molecular flexibility index (Phi) is 7.79. The smallest absolute Gasteiger partial charge is 0.252 e. The number of hydrogen-bond acceptors (Lipinski definition) is 5. The van der Waals surface area contributed by atoms with Crippen LogP contribution in [0.5, 0.6) is 0 Å². The average Bonchev–Trinajstić information content (AvgIpc) is 3.38. The lowest BCUT2D eigenvalue weighted by Gasteiger charge is -2.35. The highest BCUT2D eigenvalue weighted by Crippen LogP contribution is 2.34. The van der Waals surface area contributed by atoms with Crippen LogP contribution < -0.4 is 5.56 Å². The summed E-state index contributed by atoms with van der Waals surface area (Å²) in [6.45, 7) is 7.88. The van der Waals surface area contributed by atoms with E-state index in [2.05, 4.69) is 87.3 Å². The standard InChI is InChI=1S/C30H38N6O/c1-21(2)28(29-32-33-34-36(29)26-12-8-5-9-13-26)35(17-16-23-10-6-4-7-11-23)20-25-19-24-18-22(3)14-15-27(24)31-30(25)37/h4,6-7,10-11,14-15,18-19,21,26,28H,5,8-9,12-13,16-17,20H2,1-3H3,(H,31,37)/t28-/m0/s1. The molecule has 1 aliphatic carbocycles. The van der Waals surface area contributed by atoms with E-state index in [9.17, 15) is 4.79 Å². The predicted molar refractivity (Wildman–Crippen MR) is 147 cm³/mol. The number of fused-ring (bicyclic) bond motifs is 1. The van der Waals surface area contributed by atoms with E-state index in [1.807, 2.05) is 18.2 Å². The molecule has 5 rings (SSSR count). The zero-order valence-corrected chi connectivity index (χ0v) is 22.2. The second-order valence-corrected chi connectivity index (χ2v) is 10.9. The predicted octanol–water partition coefficient (Wildman–Crippen LogP) is 5.77. The third-order valence-corrected chi connectivity index (χ3v) is 7.71. The van der Waals surface area contributed by atoms with Gasteiger partial charge in [0, 0.05) is 24.2 Å². The topological polar surface area (TPSA) is 79.7 Å². The minimum Gasteiger partial charge on any atom is -0.322 e. The van der Waals surface area contributed by atoms with E-state index in [-0.39, 0.29) is 17.5 Å². The van der Waals surface area contributed by atoms with Gasteiger partial charge < -0.3 is 4.98 Å². The molecule has 0 aliphatic heterocycles. The number of aromatic amines is 1. The van der Waals surface area contributed by atoms with Crippen LogP contribution in [0.1, 0.15) is 80.6 Å². The van der Waals surface area contributed by atoms with Gasteiger partial charge in [-0.3, -0.25) is 9.69 Å².